The van der Waals surface area contributed by atoms with E-state index >= 15 is 0 Å². The summed E-state index contributed by atoms with van der Waals surface area (Å²) in [4.78, 5) is 22.4. The van der Waals surface area contributed by atoms with Crippen LogP contribution in [-0.2, 0) is 14.3 Å². The highest BCUT2D eigenvalue weighted by atomic mass is 16.5. The zero-order chi connectivity index (χ0) is 13.1. The van der Waals surface area contributed by atoms with Crippen LogP contribution in [0, 0.1) is 5.92 Å². The van der Waals surface area contributed by atoms with Gasteiger partial charge in [0.05, 0.1) is 5.60 Å². The van der Waals surface area contributed by atoms with Crippen molar-refractivity contribution in [2.24, 2.45) is 5.92 Å². The molecule has 1 saturated heterocycles. The molecule has 1 heterocycles. The molecule has 17 heavy (non-hydrogen) atoms. The standard InChI is InChI=1S/C11H20N2O4/c1-7(2)9(10(15)16)13-8(14)4-17-11(3)5-12-6-11/h7,9,12H,4-6H2,1-3H3,(H,13,14)(H,15,16)/t9-/m1/s1. The van der Waals surface area contributed by atoms with Crippen molar-refractivity contribution in [2.45, 2.75) is 32.4 Å². The first-order valence-corrected chi connectivity index (χ1v) is 5.71. The molecule has 0 aliphatic carbocycles. The maximum atomic E-state index is 11.5. The smallest absolute Gasteiger partial charge is 0.326 e. The molecule has 3 N–H and O–H groups in total. The van der Waals surface area contributed by atoms with Crippen molar-refractivity contribution in [3.05, 3.63) is 0 Å². The van der Waals surface area contributed by atoms with Gasteiger partial charge in [-0.1, -0.05) is 13.8 Å². The van der Waals surface area contributed by atoms with Crippen molar-refractivity contribution < 1.29 is 19.4 Å². The molecular weight excluding hydrogens is 224 g/mol. The van der Waals surface area contributed by atoms with Crippen molar-refractivity contribution in [3.8, 4) is 0 Å². The first kappa shape index (κ1) is 13.9. The molecule has 1 atom stereocenters. The Morgan fingerprint density at radius 3 is 2.41 bits per heavy atom. The van der Waals surface area contributed by atoms with Gasteiger partial charge in [0.1, 0.15) is 12.6 Å². The number of hydrogen-bond acceptors (Lipinski definition) is 4. The Bertz CT molecular complexity index is 300. The van der Waals surface area contributed by atoms with Gasteiger partial charge in [-0.25, -0.2) is 4.79 Å². The van der Waals surface area contributed by atoms with Crippen LogP contribution in [0.2, 0.25) is 0 Å². The second kappa shape index (κ2) is 5.46. The van der Waals surface area contributed by atoms with Crippen molar-refractivity contribution >= 4 is 11.9 Å². The van der Waals surface area contributed by atoms with Crippen LogP contribution in [0.3, 0.4) is 0 Å². The lowest BCUT2D eigenvalue weighted by molar-refractivity contribution is -0.146. The van der Waals surface area contributed by atoms with Crippen LogP contribution in [0.15, 0.2) is 0 Å². The maximum Gasteiger partial charge on any atom is 0.326 e. The summed E-state index contributed by atoms with van der Waals surface area (Å²) in [5.41, 5.74) is -0.298. The Hall–Kier alpha value is -1.14. The minimum absolute atomic E-state index is 0.103. The molecule has 0 spiro atoms. The van der Waals surface area contributed by atoms with E-state index in [1.165, 1.54) is 0 Å². The molecule has 6 nitrogen and oxygen atoms in total. The van der Waals surface area contributed by atoms with Gasteiger partial charge < -0.3 is 20.5 Å². The largest absolute Gasteiger partial charge is 0.480 e. The molecule has 1 amide bonds. The molecule has 1 rings (SSSR count). The van der Waals surface area contributed by atoms with Gasteiger partial charge in [0.25, 0.3) is 0 Å². The summed E-state index contributed by atoms with van der Waals surface area (Å²) in [7, 11) is 0. The number of carboxylic acids is 1. The summed E-state index contributed by atoms with van der Waals surface area (Å²) in [5.74, 6) is -1.57. The Balaban J connectivity index is 2.34. The van der Waals surface area contributed by atoms with Crippen molar-refractivity contribution in [3.63, 3.8) is 0 Å². The third-order valence-corrected chi connectivity index (χ3v) is 2.80. The molecule has 98 valence electrons. The van der Waals surface area contributed by atoms with E-state index in [0.29, 0.717) is 13.1 Å². The van der Waals surface area contributed by atoms with Gasteiger partial charge in [-0.2, -0.15) is 0 Å². The highest BCUT2D eigenvalue weighted by molar-refractivity contribution is 5.84. The van der Waals surface area contributed by atoms with Gasteiger partial charge in [-0.3, -0.25) is 4.79 Å². The number of amides is 1. The Kier molecular flexibility index (Phi) is 4.47. The average molecular weight is 244 g/mol. The quantitative estimate of drug-likeness (QED) is 0.591. The van der Waals surface area contributed by atoms with Gasteiger partial charge in [-0.15, -0.1) is 0 Å². The Morgan fingerprint density at radius 1 is 1.47 bits per heavy atom. The predicted molar refractivity (Wildman–Crippen MR) is 61.6 cm³/mol. The minimum Gasteiger partial charge on any atom is -0.480 e. The number of aliphatic carboxylic acids is 1. The van der Waals surface area contributed by atoms with Gasteiger partial charge >= 0.3 is 5.97 Å². The van der Waals surface area contributed by atoms with Crippen LogP contribution < -0.4 is 10.6 Å². The molecule has 6 heteroatoms. The number of rotatable bonds is 6. The highest BCUT2D eigenvalue weighted by Crippen LogP contribution is 2.14. The van der Waals surface area contributed by atoms with Crippen LogP contribution in [0.1, 0.15) is 20.8 Å². The highest BCUT2D eigenvalue weighted by Gasteiger charge is 2.33. The molecule has 0 saturated carbocycles. The molecule has 0 unspecified atom stereocenters. The summed E-state index contributed by atoms with van der Waals surface area (Å²) in [6.45, 7) is 6.73. The van der Waals surface area contributed by atoms with Gasteiger partial charge in [-0.05, 0) is 12.8 Å². The fourth-order valence-electron chi connectivity index (χ4n) is 1.55. The molecule has 1 fully saturated rings. The van der Waals surface area contributed by atoms with Crippen molar-refractivity contribution in [1.29, 1.82) is 0 Å². The Labute approximate surface area is 101 Å². The van der Waals surface area contributed by atoms with E-state index < -0.39 is 12.0 Å². The van der Waals surface area contributed by atoms with E-state index in [1.54, 1.807) is 13.8 Å². The van der Waals surface area contributed by atoms with Gasteiger partial charge in [0.15, 0.2) is 0 Å². The summed E-state index contributed by atoms with van der Waals surface area (Å²) >= 11 is 0. The molecule has 0 aromatic rings. The molecule has 0 radical (unpaired) electrons. The predicted octanol–water partition coefficient (Wildman–Crippen LogP) is -0.410. The molecule has 1 aliphatic heterocycles. The van der Waals surface area contributed by atoms with E-state index in [4.69, 9.17) is 9.84 Å². The van der Waals surface area contributed by atoms with Crippen LogP contribution in [0.5, 0.6) is 0 Å². The van der Waals surface area contributed by atoms with Crippen LogP contribution in [-0.4, -0.2) is 48.3 Å². The summed E-state index contributed by atoms with van der Waals surface area (Å²) < 4.78 is 5.42. The molecule has 1 aliphatic rings. The lowest BCUT2D eigenvalue weighted by Crippen LogP contribution is -2.60. The Morgan fingerprint density at radius 2 is 2.06 bits per heavy atom. The van der Waals surface area contributed by atoms with Crippen molar-refractivity contribution in [2.75, 3.05) is 19.7 Å². The molecule has 0 bridgehead atoms. The lowest BCUT2D eigenvalue weighted by Gasteiger charge is -2.38. The van der Waals surface area contributed by atoms with Crippen molar-refractivity contribution in [1.82, 2.24) is 10.6 Å². The SMILES string of the molecule is CC(C)[C@@H](NC(=O)COC1(C)CNC1)C(=O)O. The van der Waals surface area contributed by atoms with Gasteiger partial charge in [0, 0.05) is 13.1 Å². The fraction of sp³-hybridized carbons (Fsp3) is 0.818. The van der Waals surface area contributed by atoms with E-state index in [2.05, 4.69) is 10.6 Å². The second-order valence-electron chi connectivity index (χ2n) is 4.97. The average Bonchev–Trinajstić information content (AvgIpc) is 2.19. The first-order valence-electron chi connectivity index (χ1n) is 5.71. The third-order valence-electron chi connectivity index (χ3n) is 2.80. The van der Waals surface area contributed by atoms with Crippen LogP contribution in [0.4, 0.5) is 0 Å². The zero-order valence-corrected chi connectivity index (χ0v) is 10.4. The number of carbonyl (C=O) groups excluding carboxylic acids is 1. The number of ether oxygens (including phenoxy) is 1. The lowest BCUT2D eigenvalue weighted by atomic mass is 10.0. The van der Waals surface area contributed by atoms with E-state index in [-0.39, 0.29) is 24.0 Å². The summed E-state index contributed by atoms with van der Waals surface area (Å²) in [6, 6.07) is -0.863. The number of nitrogens with one attached hydrogen (secondary N) is 2. The number of carboxylic acid groups (broad SMARTS) is 1. The van der Waals surface area contributed by atoms with Gasteiger partial charge in [0.2, 0.25) is 5.91 Å². The van der Waals surface area contributed by atoms with E-state index in [9.17, 15) is 9.59 Å². The van der Waals surface area contributed by atoms with Crippen LogP contribution in [0.25, 0.3) is 0 Å². The first-order chi connectivity index (χ1) is 7.84. The van der Waals surface area contributed by atoms with E-state index in [0.717, 1.165) is 0 Å². The number of hydrogen-bond donors (Lipinski definition) is 3. The topological polar surface area (TPSA) is 87.7 Å². The molecule has 0 aromatic heterocycles. The van der Waals surface area contributed by atoms with E-state index in [1.807, 2.05) is 6.92 Å². The number of carbonyl (C=O) groups is 2. The normalized spacial score (nSPS) is 19.5. The fourth-order valence-corrected chi connectivity index (χ4v) is 1.55. The monoisotopic (exact) mass is 244 g/mol. The maximum absolute atomic E-state index is 11.5. The third kappa shape index (κ3) is 3.98. The molecule has 0 aromatic carbocycles. The summed E-state index contributed by atoms with van der Waals surface area (Å²) in [5, 5.41) is 14.4. The minimum atomic E-state index is -1.02. The van der Waals surface area contributed by atoms with Crippen LogP contribution >= 0.6 is 0 Å². The summed E-state index contributed by atoms with van der Waals surface area (Å²) in [6.07, 6.45) is 0. The molecular formula is C11H20N2O4. The zero-order valence-electron chi connectivity index (χ0n) is 10.4. The second-order valence-corrected chi connectivity index (χ2v) is 4.97.